The Morgan fingerprint density at radius 3 is 2.65 bits per heavy atom. The van der Waals surface area contributed by atoms with E-state index in [1.54, 1.807) is 22.8 Å². The number of rotatable bonds is 6. The molecule has 1 saturated heterocycles. The minimum atomic E-state index is -0.945. The summed E-state index contributed by atoms with van der Waals surface area (Å²) in [6, 6.07) is 11.3. The molecule has 1 aromatic carbocycles. The fourth-order valence-electron chi connectivity index (χ4n) is 5.70. The lowest BCUT2D eigenvalue weighted by molar-refractivity contribution is -0.127. The number of nitrogens with one attached hydrogen (secondary N) is 1. The molecule has 0 spiro atoms. The molecule has 2 amide bonds. The number of carbonyl (C=O) groups excluding carboxylic acids is 2. The van der Waals surface area contributed by atoms with Crippen molar-refractivity contribution < 1.29 is 14.7 Å². The number of amides is 2. The zero-order chi connectivity index (χ0) is 26.1. The van der Waals surface area contributed by atoms with Crippen LogP contribution in [0.3, 0.4) is 0 Å². The van der Waals surface area contributed by atoms with E-state index in [4.69, 9.17) is 0 Å². The Morgan fingerprint density at radius 1 is 1.19 bits per heavy atom. The van der Waals surface area contributed by atoms with Crippen LogP contribution in [0.1, 0.15) is 53.2 Å². The van der Waals surface area contributed by atoms with Crippen LogP contribution in [0.5, 0.6) is 0 Å². The van der Waals surface area contributed by atoms with Gasteiger partial charge in [0.05, 0.1) is 18.3 Å². The zero-order valence-electron chi connectivity index (χ0n) is 20.7. The Morgan fingerprint density at radius 2 is 1.97 bits per heavy atom. The van der Waals surface area contributed by atoms with E-state index >= 15 is 0 Å². The van der Waals surface area contributed by atoms with Crippen molar-refractivity contribution in [1.29, 1.82) is 0 Å². The fourth-order valence-corrected chi connectivity index (χ4v) is 5.70. The first-order valence-electron chi connectivity index (χ1n) is 12.4. The van der Waals surface area contributed by atoms with Crippen LogP contribution in [-0.4, -0.2) is 49.0 Å². The molecule has 2 aliphatic rings. The summed E-state index contributed by atoms with van der Waals surface area (Å²) in [6.07, 6.45) is 7.81. The van der Waals surface area contributed by atoms with E-state index in [0.717, 1.165) is 5.56 Å². The summed E-state index contributed by atoms with van der Waals surface area (Å²) in [7, 11) is 0. The standard InChI is InChI=1S/C28H29N5O4/c1-3-7-19-10-11-23-24-20(15-32(23)27(19)36)21(16-34)25(33(24)28(37)22-14-29-12-13-30-22)26(35)31-17(2)18-8-5-4-6-9-18/h3-14,17,20-21,24-25,34H,15-16H2,1-2H3,(H,31,35)/t17-,20+,21+,24-,25+/m1/s1. The number of nitrogens with zero attached hydrogens (tertiary/aromatic N) is 4. The number of aliphatic hydroxyl groups excluding tert-OH is 1. The molecule has 9 heteroatoms. The van der Waals surface area contributed by atoms with E-state index in [2.05, 4.69) is 15.3 Å². The zero-order valence-corrected chi connectivity index (χ0v) is 20.7. The highest BCUT2D eigenvalue weighted by Crippen LogP contribution is 2.49. The number of allylic oxidation sites excluding steroid dienone is 1. The lowest BCUT2D eigenvalue weighted by Gasteiger charge is -2.31. The summed E-state index contributed by atoms with van der Waals surface area (Å²) in [5.74, 6) is -1.72. The van der Waals surface area contributed by atoms with Gasteiger partial charge in [-0.15, -0.1) is 0 Å². The Labute approximate surface area is 214 Å². The Hall–Kier alpha value is -4.11. The van der Waals surface area contributed by atoms with E-state index in [-0.39, 0.29) is 35.7 Å². The lowest BCUT2D eigenvalue weighted by Crippen LogP contribution is -2.51. The van der Waals surface area contributed by atoms with E-state index in [9.17, 15) is 19.5 Å². The Bertz CT molecular complexity index is 1390. The van der Waals surface area contributed by atoms with Crippen molar-refractivity contribution in [2.24, 2.45) is 11.8 Å². The molecule has 2 aliphatic heterocycles. The molecular formula is C28H29N5O4. The average Bonchev–Trinajstić information content (AvgIpc) is 3.46. The topological polar surface area (TPSA) is 117 Å². The van der Waals surface area contributed by atoms with E-state index < -0.39 is 23.9 Å². The van der Waals surface area contributed by atoms with Crippen molar-refractivity contribution in [3.63, 3.8) is 0 Å². The van der Waals surface area contributed by atoms with Gasteiger partial charge in [-0.05, 0) is 31.5 Å². The smallest absolute Gasteiger partial charge is 0.275 e. The Balaban J connectivity index is 1.57. The second kappa shape index (κ2) is 10.1. The molecule has 0 bridgehead atoms. The molecule has 9 nitrogen and oxygen atoms in total. The van der Waals surface area contributed by atoms with Crippen LogP contribution >= 0.6 is 0 Å². The molecule has 5 atom stereocenters. The molecule has 5 rings (SSSR count). The molecule has 3 aromatic rings. The number of pyridine rings is 1. The first-order valence-corrected chi connectivity index (χ1v) is 12.4. The molecule has 0 radical (unpaired) electrons. The van der Waals surface area contributed by atoms with E-state index in [1.807, 2.05) is 50.2 Å². The fraction of sp³-hybridized carbons (Fsp3) is 0.321. The molecular weight excluding hydrogens is 470 g/mol. The summed E-state index contributed by atoms with van der Waals surface area (Å²) < 4.78 is 1.66. The molecule has 1 fully saturated rings. The van der Waals surface area contributed by atoms with Gasteiger partial charge in [0.25, 0.3) is 11.5 Å². The maximum absolute atomic E-state index is 13.8. The Kier molecular flexibility index (Phi) is 6.71. The number of hydrogen-bond acceptors (Lipinski definition) is 6. The molecule has 4 heterocycles. The van der Waals surface area contributed by atoms with Crippen LogP contribution in [0.25, 0.3) is 6.08 Å². The van der Waals surface area contributed by atoms with Gasteiger partial charge >= 0.3 is 0 Å². The molecule has 190 valence electrons. The van der Waals surface area contributed by atoms with Gasteiger partial charge < -0.3 is 19.9 Å². The summed E-state index contributed by atoms with van der Waals surface area (Å²) in [4.78, 5) is 50.5. The monoisotopic (exact) mass is 499 g/mol. The van der Waals surface area contributed by atoms with Crippen molar-refractivity contribution >= 4 is 17.9 Å². The van der Waals surface area contributed by atoms with Gasteiger partial charge in [-0.3, -0.25) is 19.4 Å². The van der Waals surface area contributed by atoms with Crippen LogP contribution in [0.15, 0.2) is 71.9 Å². The predicted molar refractivity (Wildman–Crippen MR) is 137 cm³/mol. The minimum Gasteiger partial charge on any atom is -0.396 e. The normalized spacial score (nSPS) is 23.1. The van der Waals surface area contributed by atoms with Gasteiger partial charge in [-0.1, -0.05) is 42.5 Å². The first kappa shape index (κ1) is 24.6. The summed E-state index contributed by atoms with van der Waals surface area (Å²) in [5.41, 5.74) is 2.05. The number of hydrogen-bond donors (Lipinski definition) is 2. The van der Waals surface area contributed by atoms with E-state index in [1.165, 1.54) is 23.5 Å². The second-order valence-electron chi connectivity index (χ2n) is 9.47. The van der Waals surface area contributed by atoms with Crippen molar-refractivity contribution in [3.05, 3.63) is 100.0 Å². The highest BCUT2D eigenvalue weighted by atomic mass is 16.3. The van der Waals surface area contributed by atoms with Crippen LogP contribution in [0, 0.1) is 11.8 Å². The predicted octanol–water partition coefficient (Wildman–Crippen LogP) is 2.35. The number of fused-ring (bicyclic) bond motifs is 3. The van der Waals surface area contributed by atoms with Crippen LogP contribution < -0.4 is 10.9 Å². The number of carbonyl (C=O) groups is 2. The maximum atomic E-state index is 13.8. The van der Waals surface area contributed by atoms with Crippen LogP contribution in [0.4, 0.5) is 0 Å². The van der Waals surface area contributed by atoms with Gasteiger partial charge in [0.2, 0.25) is 5.91 Å². The molecule has 2 aromatic heterocycles. The van der Waals surface area contributed by atoms with Gasteiger partial charge in [0.1, 0.15) is 11.7 Å². The number of likely N-dealkylation sites (tertiary alicyclic amines) is 1. The largest absolute Gasteiger partial charge is 0.396 e. The van der Waals surface area contributed by atoms with Crippen molar-refractivity contribution in [3.8, 4) is 0 Å². The number of aliphatic hydroxyl groups is 1. The first-order chi connectivity index (χ1) is 18.0. The van der Waals surface area contributed by atoms with Gasteiger partial charge in [-0.25, -0.2) is 4.98 Å². The third kappa shape index (κ3) is 4.25. The molecule has 0 unspecified atom stereocenters. The lowest BCUT2D eigenvalue weighted by atomic mass is 9.88. The highest BCUT2D eigenvalue weighted by molar-refractivity contribution is 5.97. The number of aromatic nitrogens is 3. The van der Waals surface area contributed by atoms with Gasteiger partial charge in [0, 0.05) is 48.6 Å². The van der Waals surface area contributed by atoms with E-state index in [0.29, 0.717) is 17.8 Å². The quantitative estimate of drug-likeness (QED) is 0.538. The van der Waals surface area contributed by atoms with Crippen molar-refractivity contribution in [2.75, 3.05) is 6.61 Å². The van der Waals surface area contributed by atoms with Crippen LogP contribution in [-0.2, 0) is 11.3 Å². The summed E-state index contributed by atoms with van der Waals surface area (Å²) in [6.45, 7) is 3.71. The third-order valence-corrected chi connectivity index (χ3v) is 7.40. The van der Waals surface area contributed by atoms with Gasteiger partial charge in [-0.2, -0.15) is 0 Å². The highest BCUT2D eigenvalue weighted by Gasteiger charge is 2.57. The molecule has 0 saturated carbocycles. The molecule has 2 N–H and O–H groups in total. The maximum Gasteiger partial charge on any atom is 0.275 e. The van der Waals surface area contributed by atoms with Crippen molar-refractivity contribution in [2.45, 2.75) is 38.5 Å². The minimum absolute atomic E-state index is 0.0973. The van der Waals surface area contributed by atoms with Gasteiger partial charge in [0.15, 0.2) is 0 Å². The average molecular weight is 500 g/mol. The number of benzene rings is 1. The second-order valence-corrected chi connectivity index (χ2v) is 9.47. The van der Waals surface area contributed by atoms with Crippen LogP contribution in [0.2, 0.25) is 0 Å². The SMILES string of the molecule is CC=Cc1ccc2n(c1=O)C[C@H]1[C@H](CO)[C@@H](C(=O)N[C@H](C)c3ccccc3)N(C(=O)c3cnccn3)[C@@H]21. The molecule has 37 heavy (non-hydrogen) atoms. The van der Waals surface area contributed by atoms with Crippen molar-refractivity contribution in [1.82, 2.24) is 24.8 Å². The summed E-state index contributed by atoms with van der Waals surface area (Å²) in [5, 5.41) is 13.5. The molecule has 0 aliphatic carbocycles. The third-order valence-electron chi connectivity index (χ3n) is 7.40. The summed E-state index contributed by atoms with van der Waals surface area (Å²) >= 11 is 0.